The Labute approximate surface area is 100.0 Å². The SMILES string of the molecule is Cc1csc(C2COc3c2coc3Br)c1. The van der Waals surface area contributed by atoms with E-state index in [4.69, 9.17) is 9.15 Å². The fraction of sp³-hybridized carbons (Fsp3) is 0.273. The van der Waals surface area contributed by atoms with Crippen LogP contribution in [-0.4, -0.2) is 6.61 Å². The van der Waals surface area contributed by atoms with Crippen LogP contribution >= 0.6 is 27.3 Å². The molecule has 0 aliphatic carbocycles. The molecule has 1 atom stereocenters. The second kappa shape index (κ2) is 3.39. The van der Waals surface area contributed by atoms with E-state index in [2.05, 4.69) is 34.3 Å². The largest absolute Gasteiger partial charge is 0.488 e. The summed E-state index contributed by atoms with van der Waals surface area (Å²) in [5, 5.41) is 2.17. The van der Waals surface area contributed by atoms with Crippen LogP contribution in [0.15, 0.2) is 26.8 Å². The maximum absolute atomic E-state index is 5.61. The van der Waals surface area contributed by atoms with Crippen LogP contribution in [0.5, 0.6) is 5.75 Å². The van der Waals surface area contributed by atoms with Crippen LogP contribution in [0.3, 0.4) is 0 Å². The number of ether oxygens (including phenoxy) is 1. The first-order valence-corrected chi connectivity index (χ1v) is 6.37. The molecule has 4 heteroatoms. The molecule has 0 radical (unpaired) electrons. The van der Waals surface area contributed by atoms with Crippen LogP contribution < -0.4 is 4.74 Å². The minimum atomic E-state index is 0.341. The number of furan rings is 1. The lowest BCUT2D eigenvalue weighted by atomic mass is 10.0. The summed E-state index contributed by atoms with van der Waals surface area (Å²) in [6.45, 7) is 2.83. The maximum atomic E-state index is 5.61. The standard InChI is InChI=1S/C11H9BrO2S/c1-6-2-9(15-5-6)7-3-13-10-8(7)4-14-11(10)12/h2,4-5,7H,3H2,1H3. The number of rotatable bonds is 1. The van der Waals surface area contributed by atoms with E-state index in [0.717, 1.165) is 17.9 Å². The highest BCUT2D eigenvalue weighted by atomic mass is 79.9. The predicted octanol–water partition coefficient (Wildman–Crippen LogP) is 3.94. The van der Waals surface area contributed by atoms with Crippen LogP contribution in [0.1, 0.15) is 21.9 Å². The van der Waals surface area contributed by atoms with Gasteiger partial charge in [0.05, 0.1) is 12.2 Å². The molecular formula is C11H9BrO2S. The molecule has 0 saturated heterocycles. The van der Waals surface area contributed by atoms with Gasteiger partial charge in [0.2, 0.25) is 4.67 Å². The molecule has 2 aromatic rings. The van der Waals surface area contributed by atoms with Gasteiger partial charge in [-0.2, -0.15) is 0 Å². The Bertz CT molecular complexity index is 500. The third-order valence-electron chi connectivity index (χ3n) is 2.59. The lowest BCUT2D eigenvalue weighted by Gasteiger charge is -2.03. The second-order valence-corrected chi connectivity index (χ2v) is 5.35. The second-order valence-electron chi connectivity index (χ2n) is 3.68. The summed E-state index contributed by atoms with van der Waals surface area (Å²) in [4.78, 5) is 1.35. The predicted molar refractivity (Wildman–Crippen MR) is 62.8 cm³/mol. The molecule has 0 saturated carbocycles. The van der Waals surface area contributed by atoms with E-state index in [1.807, 2.05) is 0 Å². The minimum absolute atomic E-state index is 0.341. The molecule has 3 rings (SSSR count). The van der Waals surface area contributed by atoms with E-state index in [-0.39, 0.29) is 0 Å². The average molecular weight is 285 g/mol. The summed E-state index contributed by atoms with van der Waals surface area (Å²) < 4.78 is 11.6. The molecule has 0 aromatic carbocycles. The van der Waals surface area contributed by atoms with Crippen molar-refractivity contribution >= 4 is 27.3 Å². The quantitative estimate of drug-likeness (QED) is 0.792. The van der Waals surface area contributed by atoms with Crippen molar-refractivity contribution in [3.05, 3.63) is 38.4 Å². The van der Waals surface area contributed by atoms with Crippen LogP contribution in [0.2, 0.25) is 0 Å². The average Bonchev–Trinajstić information content (AvgIpc) is 2.84. The van der Waals surface area contributed by atoms with Crippen LogP contribution in [0, 0.1) is 6.92 Å². The third kappa shape index (κ3) is 1.43. The number of hydrogen-bond donors (Lipinski definition) is 0. The molecule has 1 aliphatic rings. The molecule has 2 nitrogen and oxygen atoms in total. The van der Waals surface area contributed by atoms with Crippen LogP contribution in [0.4, 0.5) is 0 Å². The summed E-state index contributed by atoms with van der Waals surface area (Å²) in [7, 11) is 0. The van der Waals surface area contributed by atoms with Crippen molar-refractivity contribution in [1.82, 2.24) is 0 Å². The first kappa shape index (κ1) is 9.48. The van der Waals surface area contributed by atoms with E-state index in [9.17, 15) is 0 Å². The Kier molecular flexibility index (Phi) is 2.14. The fourth-order valence-electron chi connectivity index (χ4n) is 1.84. The molecule has 3 heterocycles. The Morgan fingerprint density at radius 1 is 1.53 bits per heavy atom. The molecule has 15 heavy (non-hydrogen) atoms. The monoisotopic (exact) mass is 284 g/mol. The molecule has 78 valence electrons. The normalized spacial score (nSPS) is 18.9. The number of hydrogen-bond acceptors (Lipinski definition) is 3. The molecule has 0 fully saturated rings. The third-order valence-corrected chi connectivity index (χ3v) is 4.31. The van der Waals surface area contributed by atoms with E-state index in [1.54, 1.807) is 17.6 Å². The van der Waals surface area contributed by atoms with E-state index in [0.29, 0.717) is 10.6 Å². The Balaban J connectivity index is 2.03. The molecule has 0 amide bonds. The van der Waals surface area contributed by atoms with Gasteiger partial charge in [-0.25, -0.2) is 0 Å². The first-order valence-electron chi connectivity index (χ1n) is 4.70. The molecule has 0 spiro atoms. The number of aryl methyl sites for hydroxylation is 1. The number of fused-ring (bicyclic) bond motifs is 1. The fourth-order valence-corrected chi connectivity index (χ4v) is 3.28. The van der Waals surface area contributed by atoms with Crippen molar-refractivity contribution in [3.63, 3.8) is 0 Å². The molecule has 2 aromatic heterocycles. The van der Waals surface area contributed by atoms with Gasteiger partial charge in [0.1, 0.15) is 6.61 Å². The highest BCUT2D eigenvalue weighted by molar-refractivity contribution is 9.10. The highest BCUT2D eigenvalue weighted by Gasteiger charge is 2.31. The summed E-state index contributed by atoms with van der Waals surface area (Å²) >= 11 is 5.12. The van der Waals surface area contributed by atoms with Crippen molar-refractivity contribution in [2.24, 2.45) is 0 Å². The van der Waals surface area contributed by atoms with Gasteiger partial charge < -0.3 is 9.15 Å². The van der Waals surface area contributed by atoms with Crippen molar-refractivity contribution < 1.29 is 9.15 Å². The van der Waals surface area contributed by atoms with Gasteiger partial charge in [-0.1, -0.05) is 0 Å². The van der Waals surface area contributed by atoms with Gasteiger partial charge in [0, 0.05) is 10.4 Å². The summed E-state index contributed by atoms with van der Waals surface area (Å²) in [6, 6.07) is 2.22. The van der Waals surface area contributed by atoms with E-state index < -0.39 is 0 Å². The van der Waals surface area contributed by atoms with Crippen molar-refractivity contribution in [2.45, 2.75) is 12.8 Å². The smallest absolute Gasteiger partial charge is 0.211 e. The first-order chi connectivity index (χ1) is 7.25. The topological polar surface area (TPSA) is 22.4 Å². The van der Waals surface area contributed by atoms with E-state index in [1.165, 1.54) is 10.4 Å². The molecule has 0 N–H and O–H groups in total. The number of thiophene rings is 1. The van der Waals surface area contributed by atoms with Gasteiger partial charge in [-0.3, -0.25) is 0 Å². The molecular weight excluding hydrogens is 276 g/mol. The number of halogens is 1. The molecule has 0 bridgehead atoms. The van der Waals surface area contributed by atoms with Gasteiger partial charge >= 0.3 is 0 Å². The van der Waals surface area contributed by atoms with Crippen molar-refractivity contribution in [3.8, 4) is 5.75 Å². The Morgan fingerprint density at radius 3 is 3.13 bits per heavy atom. The Morgan fingerprint density at radius 2 is 2.40 bits per heavy atom. The minimum Gasteiger partial charge on any atom is -0.488 e. The van der Waals surface area contributed by atoms with Crippen molar-refractivity contribution in [1.29, 1.82) is 0 Å². The summed E-state index contributed by atoms with van der Waals surface area (Å²) in [5.41, 5.74) is 2.47. The summed E-state index contributed by atoms with van der Waals surface area (Å²) in [6.07, 6.45) is 1.78. The van der Waals surface area contributed by atoms with Gasteiger partial charge in [-0.05, 0) is 39.9 Å². The molecule has 1 unspecified atom stereocenters. The zero-order chi connectivity index (χ0) is 10.4. The van der Waals surface area contributed by atoms with Gasteiger partial charge in [0.25, 0.3) is 0 Å². The molecule has 1 aliphatic heterocycles. The van der Waals surface area contributed by atoms with Gasteiger partial charge in [-0.15, -0.1) is 11.3 Å². The zero-order valence-corrected chi connectivity index (χ0v) is 10.5. The summed E-state index contributed by atoms with van der Waals surface area (Å²) in [5.74, 6) is 1.21. The zero-order valence-electron chi connectivity index (χ0n) is 8.12. The lowest BCUT2D eigenvalue weighted by Crippen LogP contribution is -2.00. The maximum Gasteiger partial charge on any atom is 0.211 e. The van der Waals surface area contributed by atoms with Crippen LogP contribution in [-0.2, 0) is 0 Å². The Hall–Kier alpha value is -0.740. The lowest BCUT2D eigenvalue weighted by molar-refractivity contribution is 0.328. The van der Waals surface area contributed by atoms with E-state index >= 15 is 0 Å². The van der Waals surface area contributed by atoms with Crippen LogP contribution in [0.25, 0.3) is 0 Å². The highest BCUT2D eigenvalue weighted by Crippen LogP contribution is 2.45. The van der Waals surface area contributed by atoms with Crippen molar-refractivity contribution in [2.75, 3.05) is 6.61 Å². The van der Waals surface area contributed by atoms with Gasteiger partial charge in [0.15, 0.2) is 5.75 Å².